The molecule has 0 saturated heterocycles. The lowest BCUT2D eigenvalue weighted by atomic mass is 9.90. The summed E-state index contributed by atoms with van der Waals surface area (Å²) in [4.78, 5) is 0. The summed E-state index contributed by atoms with van der Waals surface area (Å²) in [5.41, 5.74) is 5.46. The van der Waals surface area contributed by atoms with Crippen molar-refractivity contribution >= 4 is 12.4 Å². The van der Waals surface area contributed by atoms with E-state index in [2.05, 4.69) is 0 Å². The Morgan fingerprint density at radius 3 is 2.00 bits per heavy atom. The number of nitrogens with two attached hydrogens (primary N) is 1. The van der Waals surface area contributed by atoms with Gasteiger partial charge in [0.25, 0.3) is 0 Å². The fourth-order valence-corrected chi connectivity index (χ4v) is 1.16. The number of hydrogen-bond donors (Lipinski definition) is 1. The molecule has 0 radical (unpaired) electrons. The summed E-state index contributed by atoms with van der Waals surface area (Å²) in [6.07, 6.45) is 0.477. The summed E-state index contributed by atoms with van der Waals surface area (Å²) in [5, 5.41) is 0. The van der Waals surface area contributed by atoms with Crippen LogP contribution in [0, 0.1) is 11.8 Å². The minimum Gasteiger partial charge on any atom is -0.330 e. The molecule has 82 valence electrons. The Bertz CT molecular complexity index is 123. The highest BCUT2D eigenvalue weighted by Crippen LogP contribution is 2.24. The summed E-state index contributed by atoms with van der Waals surface area (Å²) in [5.74, 6) is -1.91. The van der Waals surface area contributed by atoms with Gasteiger partial charge in [-0.05, 0) is 31.7 Å². The molecule has 0 aromatic carbocycles. The minimum absolute atomic E-state index is 0. The average Bonchev–Trinajstić information content (AvgIpc) is 1.85. The summed E-state index contributed by atoms with van der Waals surface area (Å²) in [6.45, 7) is 5.51. The van der Waals surface area contributed by atoms with Gasteiger partial charge < -0.3 is 5.73 Å². The van der Waals surface area contributed by atoms with E-state index >= 15 is 0 Å². The Labute approximate surface area is 85.5 Å². The van der Waals surface area contributed by atoms with Crippen LogP contribution in [0.15, 0.2) is 0 Å². The molecule has 0 aromatic rings. The van der Waals surface area contributed by atoms with Crippen molar-refractivity contribution in [2.45, 2.75) is 39.5 Å². The maximum absolute atomic E-state index is 12.4. The van der Waals surface area contributed by atoms with E-state index in [1.807, 2.05) is 13.8 Å². The average molecular weight is 216 g/mol. The Balaban J connectivity index is 0. The van der Waals surface area contributed by atoms with E-state index in [1.54, 1.807) is 0 Å². The summed E-state index contributed by atoms with van der Waals surface area (Å²) < 4.78 is 24.9. The summed E-state index contributed by atoms with van der Waals surface area (Å²) >= 11 is 0. The van der Waals surface area contributed by atoms with Gasteiger partial charge in [0.2, 0.25) is 5.92 Å². The van der Waals surface area contributed by atoms with Crippen LogP contribution in [0.4, 0.5) is 8.78 Å². The third-order valence-corrected chi connectivity index (χ3v) is 2.20. The summed E-state index contributed by atoms with van der Waals surface area (Å²) in [6, 6.07) is 0. The predicted molar refractivity (Wildman–Crippen MR) is 54.5 cm³/mol. The van der Waals surface area contributed by atoms with Gasteiger partial charge >= 0.3 is 0 Å². The first-order valence-electron chi connectivity index (χ1n) is 4.44. The van der Waals surface area contributed by atoms with Crippen molar-refractivity contribution in [1.82, 2.24) is 0 Å². The highest BCUT2D eigenvalue weighted by molar-refractivity contribution is 5.85. The minimum atomic E-state index is -2.54. The molecule has 0 fully saturated rings. The molecule has 0 heterocycles. The number of halogens is 3. The SMILES string of the molecule is CC(C)C(CN)CCC(C)(F)F.Cl. The van der Waals surface area contributed by atoms with Gasteiger partial charge in [0.1, 0.15) is 0 Å². The molecule has 0 rings (SSSR count). The fraction of sp³-hybridized carbons (Fsp3) is 1.00. The van der Waals surface area contributed by atoms with Crippen molar-refractivity contribution in [1.29, 1.82) is 0 Å². The second-order valence-corrected chi connectivity index (χ2v) is 3.85. The zero-order chi connectivity index (χ0) is 9.78. The monoisotopic (exact) mass is 215 g/mol. The van der Waals surface area contributed by atoms with Gasteiger partial charge in [-0.15, -0.1) is 12.4 Å². The normalized spacial score (nSPS) is 14.1. The molecule has 1 unspecified atom stereocenters. The standard InChI is InChI=1S/C9H19F2N.ClH/c1-7(2)8(6-12)4-5-9(3,10)11;/h7-8H,4-6,12H2,1-3H3;1H. The van der Waals surface area contributed by atoms with Crippen LogP contribution < -0.4 is 5.73 Å². The molecular formula is C9H20ClF2N. The molecular weight excluding hydrogens is 196 g/mol. The lowest BCUT2D eigenvalue weighted by Gasteiger charge is -2.20. The second kappa shape index (κ2) is 6.55. The van der Waals surface area contributed by atoms with Crippen LogP contribution in [-0.4, -0.2) is 12.5 Å². The molecule has 2 N–H and O–H groups in total. The lowest BCUT2D eigenvalue weighted by molar-refractivity contribution is 0.00520. The van der Waals surface area contributed by atoms with Crippen molar-refractivity contribution in [3.8, 4) is 0 Å². The zero-order valence-electron chi connectivity index (χ0n) is 8.52. The van der Waals surface area contributed by atoms with Crippen LogP contribution >= 0.6 is 12.4 Å². The van der Waals surface area contributed by atoms with Crippen LogP contribution in [-0.2, 0) is 0 Å². The molecule has 1 nitrogen and oxygen atoms in total. The predicted octanol–water partition coefficient (Wildman–Crippen LogP) is 3.07. The van der Waals surface area contributed by atoms with Gasteiger partial charge in [0.05, 0.1) is 0 Å². The first-order chi connectivity index (χ1) is 5.37. The van der Waals surface area contributed by atoms with Crippen molar-refractivity contribution < 1.29 is 8.78 Å². The molecule has 1 atom stereocenters. The van der Waals surface area contributed by atoms with Crippen molar-refractivity contribution in [3.63, 3.8) is 0 Å². The molecule has 0 aliphatic heterocycles. The Kier molecular flexibility index (Phi) is 7.84. The quantitative estimate of drug-likeness (QED) is 0.750. The molecule has 0 aliphatic carbocycles. The number of rotatable bonds is 5. The van der Waals surface area contributed by atoms with E-state index in [0.717, 1.165) is 6.92 Å². The van der Waals surface area contributed by atoms with E-state index in [-0.39, 0.29) is 24.7 Å². The largest absolute Gasteiger partial charge is 0.330 e. The van der Waals surface area contributed by atoms with Crippen molar-refractivity contribution in [2.24, 2.45) is 17.6 Å². The van der Waals surface area contributed by atoms with Crippen LogP contribution in [0.25, 0.3) is 0 Å². The van der Waals surface area contributed by atoms with Crippen LogP contribution in [0.1, 0.15) is 33.6 Å². The molecule has 0 bridgehead atoms. The third kappa shape index (κ3) is 8.44. The van der Waals surface area contributed by atoms with Gasteiger partial charge in [-0.3, -0.25) is 0 Å². The Morgan fingerprint density at radius 1 is 1.31 bits per heavy atom. The van der Waals surface area contributed by atoms with Crippen LogP contribution in [0.2, 0.25) is 0 Å². The van der Waals surface area contributed by atoms with E-state index in [1.165, 1.54) is 0 Å². The van der Waals surface area contributed by atoms with Gasteiger partial charge in [-0.2, -0.15) is 0 Å². The van der Waals surface area contributed by atoms with Gasteiger partial charge in [0.15, 0.2) is 0 Å². The van der Waals surface area contributed by atoms with Crippen LogP contribution in [0.3, 0.4) is 0 Å². The Hall–Kier alpha value is 0.110. The fourth-order valence-electron chi connectivity index (χ4n) is 1.16. The zero-order valence-corrected chi connectivity index (χ0v) is 9.33. The van der Waals surface area contributed by atoms with E-state index < -0.39 is 5.92 Å². The van der Waals surface area contributed by atoms with E-state index in [0.29, 0.717) is 18.9 Å². The maximum Gasteiger partial charge on any atom is 0.245 e. The van der Waals surface area contributed by atoms with Crippen LogP contribution in [0.5, 0.6) is 0 Å². The van der Waals surface area contributed by atoms with E-state index in [4.69, 9.17) is 5.73 Å². The van der Waals surface area contributed by atoms with Crippen molar-refractivity contribution in [2.75, 3.05) is 6.54 Å². The molecule has 0 aliphatic rings. The highest BCUT2D eigenvalue weighted by atomic mass is 35.5. The smallest absolute Gasteiger partial charge is 0.245 e. The summed E-state index contributed by atoms with van der Waals surface area (Å²) in [7, 11) is 0. The van der Waals surface area contributed by atoms with Crippen molar-refractivity contribution in [3.05, 3.63) is 0 Å². The molecule has 4 heteroatoms. The topological polar surface area (TPSA) is 26.0 Å². The first-order valence-corrected chi connectivity index (χ1v) is 4.44. The molecule has 0 saturated carbocycles. The molecule has 0 amide bonds. The Morgan fingerprint density at radius 2 is 1.77 bits per heavy atom. The number of alkyl halides is 2. The molecule has 13 heavy (non-hydrogen) atoms. The van der Waals surface area contributed by atoms with Gasteiger partial charge in [0, 0.05) is 6.42 Å². The maximum atomic E-state index is 12.4. The molecule has 0 aromatic heterocycles. The first kappa shape index (κ1) is 15.6. The van der Waals surface area contributed by atoms with E-state index in [9.17, 15) is 8.78 Å². The lowest BCUT2D eigenvalue weighted by Crippen LogP contribution is -2.22. The van der Waals surface area contributed by atoms with Gasteiger partial charge in [-0.1, -0.05) is 13.8 Å². The number of hydrogen-bond acceptors (Lipinski definition) is 1. The third-order valence-electron chi connectivity index (χ3n) is 2.20. The molecule has 0 spiro atoms. The van der Waals surface area contributed by atoms with Gasteiger partial charge in [-0.25, -0.2) is 8.78 Å². The second-order valence-electron chi connectivity index (χ2n) is 3.85. The highest BCUT2D eigenvalue weighted by Gasteiger charge is 2.23.